The Balaban J connectivity index is 1.45. The smallest absolute Gasteiger partial charge is 0.264 e. The molecule has 2 N–H and O–H groups in total. The summed E-state index contributed by atoms with van der Waals surface area (Å²) in [6.07, 6.45) is 2.86. The van der Waals surface area contributed by atoms with Crippen LogP contribution >= 0.6 is 0 Å². The molecule has 2 heterocycles. The first-order valence-electron chi connectivity index (χ1n) is 10.6. The molecule has 0 saturated carbocycles. The highest BCUT2D eigenvalue weighted by Gasteiger charge is 2.33. The lowest BCUT2D eigenvalue weighted by molar-refractivity contribution is -0.132. The SMILES string of the molecule is C=CC(=O)NCC(NC(=O)C1CC(C2CCOCC2)=NO1)c1ccc2ccccc2c1. The molecule has 2 unspecified atom stereocenters. The summed E-state index contributed by atoms with van der Waals surface area (Å²) >= 11 is 0. The number of benzene rings is 2. The molecular formula is C24H27N3O4. The standard InChI is InChI=1S/C24H27N3O4/c1-2-23(28)25-15-21(19-8-7-16-5-3-4-6-18(16)13-19)26-24(29)22-14-20(27-31-22)17-9-11-30-12-10-17/h2-8,13,17,21-22H,1,9-12,14-15H2,(H,25,28)(H,26,29). The van der Waals surface area contributed by atoms with Gasteiger partial charge >= 0.3 is 0 Å². The van der Waals surface area contributed by atoms with E-state index in [-0.39, 0.29) is 18.4 Å². The monoisotopic (exact) mass is 421 g/mol. The Morgan fingerprint density at radius 2 is 1.94 bits per heavy atom. The lowest BCUT2D eigenvalue weighted by atomic mass is 9.91. The van der Waals surface area contributed by atoms with Gasteiger partial charge in [-0.15, -0.1) is 0 Å². The van der Waals surface area contributed by atoms with Crippen molar-refractivity contribution in [2.75, 3.05) is 19.8 Å². The Bertz CT molecular complexity index is 997. The van der Waals surface area contributed by atoms with Gasteiger partial charge in [-0.2, -0.15) is 0 Å². The third-order valence-corrected chi connectivity index (χ3v) is 5.83. The van der Waals surface area contributed by atoms with Gasteiger partial charge in [-0.05, 0) is 41.3 Å². The van der Waals surface area contributed by atoms with Gasteiger partial charge in [0.25, 0.3) is 5.91 Å². The first kappa shape index (κ1) is 21.1. The molecular weight excluding hydrogens is 394 g/mol. The van der Waals surface area contributed by atoms with Crippen LogP contribution < -0.4 is 10.6 Å². The Morgan fingerprint density at radius 3 is 2.71 bits per heavy atom. The molecule has 0 aliphatic carbocycles. The normalized spacial score (nSPS) is 19.9. The van der Waals surface area contributed by atoms with Gasteiger partial charge in [0.1, 0.15) is 0 Å². The van der Waals surface area contributed by atoms with E-state index in [0.717, 1.165) is 34.9 Å². The van der Waals surface area contributed by atoms with Crippen LogP contribution in [0, 0.1) is 5.92 Å². The van der Waals surface area contributed by atoms with Crippen molar-refractivity contribution in [2.45, 2.75) is 31.4 Å². The largest absolute Gasteiger partial charge is 0.382 e. The molecule has 2 aromatic carbocycles. The van der Waals surface area contributed by atoms with E-state index < -0.39 is 12.1 Å². The van der Waals surface area contributed by atoms with E-state index in [9.17, 15) is 9.59 Å². The average molecular weight is 421 g/mol. The second-order valence-electron chi connectivity index (χ2n) is 7.88. The number of hydrogen-bond acceptors (Lipinski definition) is 5. The summed E-state index contributed by atoms with van der Waals surface area (Å²) < 4.78 is 5.40. The van der Waals surface area contributed by atoms with Crippen molar-refractivity contribution >= 4 is 28.3 Å². The van der Waals surface area contributed by atoms with E-state index in [2.05, 4.69) is 22.4 Å². The van der Waals surface area contributed by atoms with Crippen LogP contribution in [0.4, 0.5) is 0 Å². The maximum atomic E-state index is 13.0. The third kappa shape index (κ3) is 5.11. The summed E-state index contributed by atoms with van der Waals surface area (Å²) in [7, 11) is 0. The molecule has 0 spiro atoms. The van der Waals surface area contributed by atoms with Gasteiger partial charge in [-0.3, -0.25) is 9.59 Å². The fraction of sp³-hybridized carbons (Fsp3) is 0.375. The third-order valence-electron chi connectivity index (χ3n) is 5.83. The number of ether oxygens (including phenoxy) is 1. The zero-order valence-corrected chi connectivity index (χ0v) is 17.4. The van der Waals surface area contributed by atoms with E-state index in [4.69, 9.17) is 9.57 Å². The second-order valence-corrected chi connectivity index (χ2v) is 7.88. The van der Waals surface area contributed by atoms with Gasteiger partial charge in [0.2, 0.25) is 12.0 Å². The number of nitrogens with one attached hydrogen (secondary N) is 2. The average Bonchev–Trinajstić information content (AvgIpc) is 3.32. The first-order chi connectivity index (χ1) is 15.1. The van der Waals surface area contributed by atoms with E-state index in [1.165, 1.54) is 6.08 Å². The number of hydrogen-bond donors (Lipinski definition) is 2. The molecule has 2 atom stereocenters. The highest BCUT2D eigenvalue weighted by molar-refractivity contribution is 5.94. The fourth-order valence-electron chi connectivity index (χ4n) is 4.02. The molecule has 7 nitrogen and oxygen atoms in total. The van der Waals surface area contributed by atoms with Crippen LogP contribution in [0.15, 0.2) is 60.3 Å². The van der Waals surface area contributed by atoms with Crippen molar-refractivity contribution in [1.29, 1.82) is 0 Å². The van der Waals surface area contributed by atoms with Crippen LogP contribution in [0.5, 0.6) is 0 Å². The number of carbonyl (C=O) groups excluding carboxylic acids is 2. The minimum Gasteiger partial charge on any atom is -0.382 e. The number of rotatable bonds is 7. The van der Waals surface area contributed by atoms with E-state index >= 15 is 0 Å². The zero-order valence-electron chi connectivity index (χ0n) is 17.4. The lowest BCUT2D eigenvalue weighted by Crippen LogP contribution is -2.42. The van der Waals surface area contributed by atoms with Crippen molar-refractivity contribution < 1.29 is 19.2 Å². The van der Waals surface area contributed by atoms with Crippen molar-refractivity contribution in [3.8, 4) is 0 Å². The highest BCUT2D eigenvalue weighted by Crippen LogP contribution is 2.25. The van der Waals surface area contributed by atoms with Gasteiger partial charge < -0.3 is 20.2 Å². The van der Waals surface area contributed by atoms with Crippen molar-refractivity contribution in [3.05, 3.63) is 60.7 Å². The Morgan fingerprint density at radius 1 is 1.16 bits per heavy atom. The number of fused-ring (bicyclic) bond motifs is 1. The van der Waals surface area contributed by atoms with Crippen LogP contribution in [0.25, 0.3) is 10.8 Å². The minimum absolute atomic E-state index is 0.239. The Kier molecular flexibility index (Phi) is 6.62. The topological polar surface area (TPSA) is 89.0 Å². The van der Waals surface area contributed by atoms with Gasteiger partial charge in [-0.1, -0.05) is 48.1 Å². The molecule has 0 radical (unpaired) electrons. The van der Waals surface area contributed by atoms with Crippen LogP contribution in [0.1, 0.15) is 30.9 Å². The minimum atomic E-state index is -0.657. The molecule has 0 bridgehead atoms. The van der Waals surface area contributed by atoms with Gasteiger partial charge in [-0.25, -0.2) is 0 Å². The Hall–Kier alpha value is -3.19. The summed E-state index contributed by atoms with van der Waals surface area (Å²) in [5.74, 6) is -0.214. The summed E-state index contributed by atoms with van der Waals surface area (Å²) in [5, 5.41) is 12.2. The van der Waals surface area contributed by atoms with Crippen molar-refractivity contribution in [2.24, 2.45) is 11.1 Å². The molecule has 1 saturated heterocycles. The zero-order chi connectivity index (χ0) is 21.6. The molecule has 4 rings (SSSR count). The molecule has 31 heavy (non-hydrogen) atoms. The van der Waals surface area contributed by atoms with E-state index in [1.54, 1.807) is 0 Å². The quantitative estimate of drug-likeness (QED) is 0.673. The van der Waals surface area contributed by atoms with E-state index in [1.807, 2.05) is 42.5 Å². The fourth-order valence-corrected chi connectivity index (χ4v) is 4.02. The molecule has 162 valence electrons. The summed E-state index contributed by atoms with van der Waals surface area (Å²) in [6.45, 7) is 5.16. The molecule has 2 aliphatic rings. The van der Waals surface area contributed by atoms with Gasteiger partial charge in [0.05, 0.1) is 11.8 Å². The highest BCUT2D eigenvalue weighted by atomic mass is 16.6. The van der Waals surface area contributed by atoms with Gasteiger partial charge in [0.15, 0.2) is 0 Å². The predicted octanol–water partition coefficient (Wildman–Crippen LogP) is 2.87. The van der Waals surface area contributed by atoms with Crippen LogP contribution in [0.2, 0.25) is 0 Å². The van der Waals surface area contributed by atoms with Crippen LogP contribution in [0.3, 0.4) is 0 Å². The molecule has 2 aliphatic heterocycles. The maximum Gasteiger partial charge on any atom is 0.264 e. The summed E-state index contributed by atoms with van der Waals surface area (Å²) in [6, 6.07) is 13.6. The lowest BCUT2D eigenvalue weighted by Gasteiger charge is -2.22. The van der Waals surface area contributed by atoms with Crippen molar-refractivity contribution in [3.63, 3.8) is 0 Å². The first-order valence-corrected chi connectivity index (χ1v) is 10.6. The predicted molar refractivity (Wildman–Crippen MR) is 119 cm³/mol. The summed E-state index contributed by atoms with van der Waals surface area (Å²) in [5.41, 5.74) is 1.84. The molecule has 0 aromatic heterocycles. The van der Waals surface area contributed by atoms with Gasteiger partial charge in [0, 0.05) is 32.1 Å². The number of oxime groups is 1. The van der Waals surface area contributed by atoms with Crippen molar-refractivity contribution in [1.82, 2.24) is 10.6 Å². The van der Waals surface area contributed by atoms with E-state index in [0.29, 0.717) is 25.6 Å². The number of carbonyl (C=O) groups is 2. The second kappa shape index (κ2) is 9.75. The molecule has 2 amide bonds. The Labute approximate surface area is 181 Å². The summed E-state index contributed by atoms with van der Waals surface area (Å²) in [4.78, 5) is 30.2. The van der Waals surface area contributed by atoms with Crippen LogP contribution in [-0.4, -0.2) is 43.4 Å². The number of nitrogens with zero attached hydrogens (tertiary/aromatic N) is 1. The molecule has 1 fully saturated rings. The molecule has 7 heteroatoms. The van der Waals surface area contributed by atoms with Crippen LogP contribution in [-0.2, 0) is 19.2 Å². The maximum absolute atomic E-state index is 13.0. The number of amides is 2. The molecule has 2 aromatic rings.